The highest BCUT2D eigenvalue weighted by molar-refractivity contribution is 5.65. The van der Waals surface area contributed by atoms with Gasteiger partial charge in [-0.05, 0) is 24.1 Å². The molecule has 0 atom stereocenters. The van der Waals surface area contributed by atoms with Crippen LogP contribution < -0.4 is 5.73 Å². The first-order valence-corrected chi connectivity index (χ1v) is 5.06. The molecule has 0 bridgehead atoms. The highest BCUT2D eigenvalue weighted by Gasteiger charge is 2.08. The van der Waals surface area contributed by atoms with Crippen LogP contribution in [0.2, 0.25) is 0 Å². The molecule has 0 saturated carbocycles. The van der Waals surface area contributed by atoms with Gasteiger partial charge < -0.3 is 15.7 Å². The van der Waals surface area contributed by atoms with E-state index in [4.69, 9.17) is 10.8 Å². The molecule has 86 valence electrons. The van der Waals surface area contributed by atoms with Crippen molar-refractivity contribution < 1.29 is 9.90 Å². The number of nitrogens with two attached hydrogens (primary N) is 1. The minimum absolute atomic E-state index is 0.351. The third kappa shape index (κ3) is 3.65. The average molecular weight is 220 g/mol. The molecule has 1 amide bonds. The maximum absolute atomic E-state index is 10.8. The summed E-state index contributed by atoms with van der Waals surface area (Å²) < 4.78 is 0. The number of carboxylic acid groups (broad SMARTS) is 1. The topological polar surface area (TPSA) is 66.6 Å². The van der Waals surface area contributed by atoms with Gasteiger partial charge in [-0.2, -0.15) is 0 Å². The minimum atomic E-state index is -0.921. The normalized spacial score (nSPS) is 9.75. The molecule has 1 aromatic carbocycles. The second kappa shape index (κ2) is 5.80. The van der Waals surface area contributed by atoms with E-state index in [1.165, 1.54) is 4.90 Å². The lowest BCUT2D eigenvalue weighted by atomic mass is 10.1. The maximum atomic E-state index is 10.8. The molecule has 0 aliphatic heterocycles. The monoisotopic (exact) mass is 220 g/mol. The van der Waals surface area contributed by atoms with Gasteiger partial charge in [0.2, 0.25) is 0 Å². The standard InChI is InChI=1S/C12H16N2O2/c1-2-8-14(12(15)16)9-7-10-3-5-11(13)6-4-10/h2-6H,1,7-9,13H2,(H,15,16). The molecule has 0 aliphatic carbocycles. The minimum Gasteiger partial charge on any atom is -0.465 e. The van der Waals surface area contributed by atoms with Crippen molar-refractivity contribution >= 4 is 11.8 Å². The quantitative estimate of drug-likeness (QED) is 0.589. The van der Waals surface area contributed by atoms with Crippen LogP contribution in [0.15, 0.2) is 36.9 Å². The van der Waals surface area contributed by atoms with E-state index in [9.17, 15) is 4.79 Å². The van der Waals surface area contributed by atoms with Crippen molar-refractivity contribution in [1.29, 1.82) is 0 Å². The van der Waals surface area contributed by atoms with Crippen LogP contribution in [0.25, 0.3) is 0 Å². The Hall–Kier alpha value is -1.97. The summed E-state index contributed by atoms with van der Waals surface area (Å²) in [7, 11) is 0. The third-order valence-corrected chi connectivity index (χ3v) is 2.27. The van der Waals surface area contributed by atoms with Crippen molar-refractivity contribution in [2.24, 2.45) is 0 Å². The zero-order chi connectivity index (χ0) is 12.0. The number of carbonyl (C=O) groups is 1. The highest BCUT2D eigenvalue weighted by Crippen LogP contribution is 2.07. The Bertz CT molecular complexity index is 360. The molecule has 0 aliphatic rings. The van der Waals surface area contributed by atoms with E-state index < -0.39 is 6.09 Å². The van der Waals surface area contributed by atoms with Gasteiger partial charge in [0.1, 0.15) is 0 Å². The molecule has 4 heteroatoms. The van der Waals surface area contributed by atoms with E-state index in [1.807, 2.05) is 24.3 Å². The lowest BCUT2D eigenvalue weighted by molar-refractivity contribution is 0.151. The fraction of sp³-hybridized carbons (Fsp3) is 0.250. The van der Waals surface area contributed by atoms with Gasteiger partial charge in [-0.3, -0.25) is 0 Å². The number of hydrogen-bond donors (Lipinski definition) is 2. The first kappa shape index (κ1) is 12.1. The molecule has 3 N–H and O–H groups in total. The van der Waals surface area contributed by atoms with Gasteiger partial charge in [-0.15, -0.1) is 6.58 Å². The molecule has 1 rings (SSSR count). The van der Waals surface area contributed by atoms with Crippen LogP contribution in [0.1, 0.15) is 5.56 Å². The molecule has 4 nitrogen and oxygen atoms in total. The van der Waals surface area contributed by atoms with Gasteiger partial charge in [0.05, 0.1) is 0 Å². The number of nitrogen functional groups attached to an aromatic ring is 1. The van der Waals surface area contributed by atoms with E-state index in [0.29, 0.717) is 25.2 Å². The number of nitrogens with zero attached hydrogens (tertiary/aromatic N) is 1. The first-order valence-electron chi connectivity index (χ1n) is 5.06. The van der Waals surface area contributed by atoms with E-state index in [-0.39, 0.29) is 0 Å². The molecule has 0 saturated heterocycles. The van der Waals surface area contributed by atoms with Gasteiger partial charge >= 0.3 is 6.09 Å². The Labute approximate surface area is 95.0 Å². The lowest BCUT2D eigenvalue weighted by Gasteiger charge is -2.16. The Morgan fingerprint density at radius 3 is 2.56 bits per heavy atom. The van der Waals surface area contributed by atoms with Gasteiger partial charge in [0.25, 0.3) is 0 Å². The summed E-state index contributed by atoms with van der Waals surface area (Å²) in [5.74, 6) is 0. The van der Waals surface area contributed by atoms with Crippen LogP contribution >= 0.6 is 0 Å². The number of hydrogen-bond acceptors (Lipinski definition) is 2. The van der Waals surface area contributed by atoms with E-state index in [2.05, 4.69) is 6.58 Å². The Morgan fingerprint density at radius 1 is 1.44 bits per heavy atom. The third-order valence-electron chi connectivity index (χ3n) is 2.27. The summed E-state index contributed by atoms with van der Waals surface area (Å²) in [6.45, 7) is 4.34. The van der Waals surface area contributed by atoms with Gasteiger partial charge in [0.15, 0.2) is 0 Å². The summed E-state index contributed by atoms with van der Waals surface area (Å²) in [6, 6.07) is 7.44. The zero-order valence-electron chi connectivity index (χ0n) is 9.10. The van der Waals surface area contributed by atoms with Crippen molar-refractivity contribution in [3.05, 3.63) is 42.5 Å². The first-order chi connectivity index (χ1) is 7.63. The van der Waals surface area contributed by atoms with Crippen molar-refractivity contribution in [3.63, 3.8) is 0 Å². The Balaban J connectivity index is 2.51. The summed E-state index contributed by atoms with van der Waals surface area (Å²) in [6.07, 6.45) is 1.34. The molecular formula is C12H16N2O2. The van der Waals surface area contributed by atoms with Gasteiger partial charge in [-0.25, -0.2) is 4.79 Å². The maximum Gasteiger partial charge on any atom is 0.407 e. The molecule has 0 fully saturated rings. The van der Waals surface area contributed by atoms with Gasteiger partial charge in [0, 0.05) is 18.8 Å². The van der Waals surface area contributed by atoms with Gasteiger partial charge in [-0.1, -0.05) is 18.2 Å². The second-order valence-corrected chi connectivity index (χ2v) is 3.51. The Kier molecular flexibility index (Phi) is 4.39. The molecule has 0 heterocycles. The molecule has 0 spiro atoms. The van der Waals surface area contributed by atoms with Crippen LogP contribution in [0.5, 0.6) is 0 Å². The fourth-order valence-electron chi connectivity index (χ4n) is 1.37. The van der Waals surface area contributed by atoms with Crippen molar-refractivity contribution in [2.75, 3.05) is 18.8 Å². The second-order valence-electron chi connectivity index (χ2n) is 3.51. The Morgan fingerprint density at radius 2 is 2.06 bits per heavy atom. The van der Waals surface area contributed by atoms with E-state index in [0.717, 1.165) is 5.56 Å². The van der Waals surface area contributed by atoms with Crippen molar-refractivity contribution in [3.8, 4) is 0 Å². The molecule has 1 aromatic rings. The molecule has 16 heavy (non-hydrogen) atoms. The summed E-state index contributed by atoms with van der Waals surface area (Å²) in [4.78, 5) is 12.1. The largest absolute Gasteiger partial charge is 0.465 e. The van der Waals surface area contributed by atoms with Crippen LogP contribution in [-0.4, -0.2) is 29.2 Å². The zero-order valence-corrected chi connectivity index (χ0v) is 9.10. The molecule has 0 radical (unpaired) electrons. The fourth-order valence-corrected chi connectivity index (χ4v) is 1.37. The average Bonchev–Trinajstić information content (AvgIpc) is 2.26. The van der Waals surface area contributed by atoms with Crippen LogP contribution in [-0.2, 0) is 6.42 Å². The van der Waals surface area contributed by atoms with Crippen LogP contribution in [0.3, 0.4) is 0 Å². The van der Waals surface area contributed by atoms with Crippen LogP contribution in [0, 0.1) is 0 Å². The van der Waals surface area contributed by atoms with Crippen molar-refractivity contribution in [1.82, 2.24) is 4.90 Å². The smallest absolute Gasteiger partial charge is 0.407 e. The SMILES string of the molecule is C=CCN(CCc1ccc(N)cc1)C(=O)O. The summed E-state index contributed by atoms with van der Waals surface area (Å²) in [5.41, 5.74) is 7.35. The predicted molar refractivity (Wildman–Crippen MR) is 64.4 cm³/mol. The summed E-state index contributed by atoms with van der Waals surface area (Å²) in [5, 5.41) is 8.88. The van der Waals surface area contributed by atoms with E-state index in [1.54, 1.807) is 6.08 Å². The number of rotatable bonds is 5. The summed E-state index contributed by atoms with van der Waals surface area (Å²) >= 11 is 0. The van der Waals surface area contributed by atoms with Crippen LogP contribution in [0.4, 0.5) is 10.5 Å². The lowest BCUT2D eigenvalue weighted by Crippen LogP contribution is -2.31. The highest BCUT2D eigenvalue weighted by atomic mass is 16.4. The van der Waals surface area contributed by atoms with Crippen molar-refractivity contribution in [2.45, 2.75) is 6.42 Å². The number of benzene rings is 1. The number of amides is 1. The molecular weight excluding hydrogens is 204 g/mol. The molecule has 0 unspecified atom stereocenters. The van der Waals surface area contributed by atoms with E-state index >= 15 is 0 Å². The predicted octanol–water partition coefficient (Wildman–Crippen LogP) is 1.98. The number of anilines is 1. The molecule has 0 aromatic heterocycles.